The van der Waals surface area contributed by atoms with Crippen LogP contribution in [-0.4, -0.2) is 67.3 Å². The van der Waals surface area contributed by atoms with Gasteiger partial charge in [0.05, 0.1) is 18.1 Å². The van der Waals surface area contributed by atoms with Crippen LogP contribution in [0.5, 0.6) is 0 Å². The number of urea groups is 2. The molecule has 0 saturated heterocycles. The summed E-state index contributed by atoms with van der Waals surface area (Å²) in [5, 5.41) is 28.6. The van der Waals surface area contributed by atoms with Gasteiger partial charge in [-0.3, -0.25) is 19.8 Å². The van der Waals surface area contributed by atoms with Crippen LogP contribution in [0.4, 0.5) is 9.59 Å². The molecule has 0 radical (unpaired) electrons. The number of ketones is 3. The molecule has 0 unspecified atom stereocenters. The number of nitrogens with zero attached hydrogens (tertiary/aromatic N) is 3. The van der Waals surface area contributed by atoms with E-state index in [1.54, 1.807) is 78.2 Å². The average Bonchev–Trinajstić information content (AvgIpc) is 3.16. The fourth-order valence-electron chi connectivity index (χ4n) is 3.36. The first-order valence-electron chi connectivity index (χ1n) is 15.2. The Morgan fingerprint density at radius 2 is 1.12 bits per heavy atom. The van der Waals surface area contributed by atoms with Crippen LogP contribution >= 0.6 is 58.8 Å². The molecule has 5 aromatic rings. The van der Waals surface area contributed by atoms with Gasteiger partial charge in [0, 0.05) is 42.3 Å². The average molecular weight is 886 g/mol. The maximum absolute atomic E-state index is 11.4. The number of aliphatic hydroxyl groups excluding tert-OH is 1. The molecule has 0 aliphatic carbocycles. The molecule has 0 atom stereocenters. The molecule has 0 fully saturated rings. The number of hydrogen-bond acceptors (Lipinski definition) is 12. The van der Waals surface area contributed by atoms with Crippen LogP contribution in [-0.2, 0) is 0 Å². The predicted molar refractivity (Wildman–Crippen MR) is 220 cm³/mol. The number of amides is 4. The maximum atomic E-state index is 11.4. The third kappa shape index (κ3) is 22.4. The van der Waals surface area contributed by atoms with Crippen LogP contribution in [0.1, 0.15) is 38.0 Å². The van der Waals surface area contributed by atoms with Gasteiger partial charge < -0.3 is 21.7 Å². The van der Waals surface area contributed by atoms with E-state index in [9.17, 15) is 28.8 Å². The minimum Gasteiger partial charge on any atom is -0.362 e. The number of primary amides is 2. The van der Waals surface area contributed by atoms with Crippen molar-refractivity contribution in [2.75, 3.05) is 0 Å². The number of nitrogens with one attached hydrogen (secondary N) is 3. The van der Waals surface area contributed by atoms with Crippen LogP contribution in [0.3, 0.4) is 0 Å². The molecule has 0 aliphatic rings. The number of Topliss-reactive ketones (excluding diaryl/α,β-unsaturated/α-hetero) is 3. The van der Waals surface area contributed by atoms with Crippen molar-refractivity contribution < 1.29 is 34.2 Å². The Morgan fingerprint density at radius 1 is 0.719 bits per heavy atom. The molecule has 0 bridgehead atoms. The number of hydrazine groups is 1. The molecule has 4 aromatic carbocycles. The van der Waals surface area contributed by atoms with E-state index in [4.69, 9.17) is 62.4 Å². The van der Waals surface area contributed by atoms with E-state index in [1.807, 2.05) is 5.43 Å². The zero-order valence-electron chi connectivity index (χ0n) is 29.3. The van der Waals surface area contributed by atoms with Gasteiger partial charge in [-0.2, -0.15) is 15.2 Å². The van der Waals surface area contributed by atoms with Gasteiger partial charge in [0.1, 0.15) is 0 Å². The summed E-state index contributed by atoms with van der Waals surface area (Å²) in [6, 6.07) is 24.5. The Morgan fingerprint density at radius 3 is 1.49 bits per heavy atom. The van der Waals surface area contributed by atoms with Crippen molar-refractivity contribution in [2.45, 2.75) is 13.2 Å². The molecular formula is C35H34Cl5N9O8. The lowest BCUT2D eigenvalue weighted by atomic mass is 10.1. The number of benzene rings is 4. The van der Waals surface area contributed by atoms with Crippen molar-refractivity contribution in [3.8, 4) is 11.3 Å². The van der Waals surface area contributed by atoms with Crippen LogP contribution in [0, 0.1) is 0 Å². The minimum atomic E-state index is -1.95. The number of carbonyl (C=O) groups is 5. The Hall–Kier alpha value is -5.76. The monoisotopic (exact) mass is 883 g/mol. The first kappa shape index (κ1) is 51.2. The fourth-order valence-corrected chi connectivity index (χ4v) is 3.87. The highest BCUT2D eigenvalue weighted by molar-refractivity contribution is 6.36. The number of aromatic amines is 1. The summed E-state index contributed by atoms with van der Waals surface area (Å²) in [6.07, 6.45) is 0.504. The number of hydrogen-bond donors (Lipinski definition) is 8. The van der Waals surface area contributed by atoms with E-state index in [2.05, 4.69) is 31.9 Å². The summed E-state index contributed by atoms with van der Waals surface area (Å²) in [6.45, 7) is 1.53. The summed E-state index contributed by atoms with van der Waals surface area (Å²) in [7, 11) is 0. The summed E-state index contributed by atoms with van der Waals surface area (Å²) in [5.74, 6) is 3.44. The standard InChI is InChI=1S/C9H8ClN3O2.C9H6ClN3O.C8H7ClO3.C8H7ClO.CH5N3O.ClH/c10-7-3-1-6(2-4-7)8(14)5-12-13-9(11)15;10-7-3-1-6(2-4-7)8-5-11-13-9(14)12-8;9-6-3-1-5(2-4-6)7(10)8(11)12;1-6(10)7-2-4-8(9)5-3-7;2-1(5)4-3;/h1-5H,(H3,11,13,15);1-5H,(H,12,13,14);1-4,8,11-12H;2-5H,1H3;3H2,(H3,2,4,5);1H/b12-5+;;;;;. The SMILES string of the molecule is CC(=O)c1ccc(Cl)cc1.Cl.NC(=O)N/N=C/C(=O)c1ccc(Cl)cc1.NNC(N)=O.O=C(c1ccc(Cl)cc1)C(O)O.O=c1nc(-c2ccc(Cl)cc2)cn[nH]1. The van der Waals surface area contributed by atoms with E-state index in [0.29, 0.717) is 36.9 Å². The number of carbonyl (C=O) groups excluding carboxylic acids is 5. The second kappa shape index (κ2) is 27.8. The van der Waals surface area contributed by atoms with Crippen LogP contribution in [0.2, 0.25) is 20.1 Å². The number of aromatic nitrogens is 3. The molecule has 302 valence electrons. The number of aliphatic hydroxyl groups is 2. The van der Waals surface area contributed by atoms with E-state index in [-0.39, 0.29) is 29.5 Å². The first-order chi connectivity index (χ1) is 26.4. The third-order valence-electron chi connectivity index (χ3n) is 5.95. The van der Waals surface area contributed by atoms with Crippen molar-refractivity contribution in [3.63, 3.8) is 0 Å². The second-order valence-electron chi connectivity index (χ2n) is 10.1. The zero-order valence-corrected chi connectivity index (χ0v) is 33.1. The largest absolute Gasteiger partial charge is 0.362 e. The topological polar surface area (TPSA) is 299 Å². The van der Waals surface area contributed by atoms with Crippen molar-refractivity contribution in [2.24, 2.45) is 22.4 Å². The van der Waals surface area contributed by atoms with Crippen LogP contribution in [0.25, 0.3) is 11.3 Å². The van der Waals surface area contributed by atoms with Gasteiger partial charge in [0.25, 0.3) is 0 Å². The highest BCUT2D eigenvalue weighted by atomic mass is 35.5. The fraction of sp³-hybridized carbons (Fsp3) is 0.0571. The molecule has 0 saturated carbocycles. The maximum Gasteiger partial charge on any atom is 0.361 e. The number of rotatable bonds is 7. The molecule has 5 rings (SSSR count). The number of nitrogens with two attached hydrogens (primary N) is 3. The molecule has 17 nitrogen and oxygen atoms in total. The highest BCUT2D eigenvalue weighted by Gasteiger charge is 2.12. The van der Waals surface area contributed by atoms with Gasteiger partial charge in [-0.1, -0.05) is 58.5 Å². The number of halogens is 5. The van der Waals surface area contributed by atoms with Crippen molar-refractivity contribution in [1.82, 2.24) is 26.0 Å². The van der Waals surface area contributed by atoms with E-state index >= 15 is 0 Å². The molecular weight excluding hydrogens is 852 g/mol. The van der Waals surface area contributed by atoms with Gasteiger partial charge in [0.15, 0.2) is 5.78 Å². The highest BCUT2D eigenvalue weighted by Crippen LogP contribution is 2.17. The first-order valence-corrected chi connectivity index (χ1v) is 16.7. The van der Waals surface area contributed by atoms with Crippen molar-refractivity contribution >= 4 is 94.4 Å². The van der Waals surface area contributed by atoms with Gasteiger partial charge in [-0.15, -0.1) is 12.4 Å². The summed E-state index contributed by atoms with van der Waals surface area (Å²) >= 11 is 22.5. The summed E-state index contributed by atoms with van der Waals surface area (Å²) in [5.41, 5.74) is 15.0. The normalized spacial score (nSPS) is 9.56. The number of H-pyrrole nitrogens is 1. The third-order valence-corrected chi connectivity index (χ3v) is 6.96. The minimum absolute atomic E-state index is 0. The van der Waals surface area contributed by atoms with Gasteiger partial charge in [-0.05, 0) is 91.9 Å². The zero-order chi connectivity index (χ0) is 42.2. The summed E-state index contributed by atoms with van der Waals surface area (Å²) in [4.78, 5) is 67.2. The quantitative estimate of drug-likeness (QED) is 0.0269. The molecule has 11 N–H and O–H groups in total. The van der Waals surface area contributed by atoms with E-state index in [1.165, 1.54) is 37.4 Å². The molecule has 57 heavy (non-hydrogen) atoms. The van der Waals surface area contributed by atoms with Gasteiger partial charge in [-0.25, -0.2) is 30.8 Å². The molecule has 1 heterocycles. The molecule has 1 aromatic heterocycles. The van der Waals surface area contributed by atoms with Gasteiger partial charge in [0.2, 0.25) is 17.9 Å². The van der Waals surface area contributed by atoms with Crippen molar-refractivity contribution in [3.05, 3.63) is 151 Å². The Bertz CT molecular complexity index is 2120. The van der Waals surface area contributed by atoms with Crippen LogP contribution in [0.15, 0.2) is 113 Å². The Balaban J connectivity index is 0.000000707. The second-order valence-corrected chi connectivity index (χ2v) is 11.8. The van der Waals surface area contributed by atoms with Crippen LogP contribution < -0.4 is 33.9 Å². The smallest absolute Gasteiger partial charge is 0.361 e. The van der Waals surface area contributed by atoms with E-state index in [0.717, 1.165) is 11.8 Å². The Labute approximate surface area is 350 Å². The lowest BCUT2D eigenvalue weighted by molar-refractivity contribution is -0.0195. The molecule has 0 spiro atoms. The number of hydrazone groups is 1. The van der Waals surface area contributed by atoms with E-state index < -0.39 is 29.8 Å². The molecule has 22 heteroatoms. The lowest BCUT2D eigenvalue weighted by Gasteiger charge is -2.01. The van der Waals surface area contributed by atoms with Gasteiger partial charge >= 0.3 is 17.8 Å². The summed E-state index contributed by atoms with van der Waals surface area (Å²) < 4.78 is 0. The van der Waals surface area contributed by atoms with Crippen molar-refractivity contribution in [1.29, 1.82) is 0 Å². The molecule has 4 amide bonds. The predicted octanol–water partition coefficient (Wildman–Crippen LogP) is 4.99. The molecule has 0 aliphatic heterocycles. The lowest BCUT2D eigenvalue weighted by Crippen LogP contribution is -2.34. The Kier molecular flexibility index (Phi) is 25.0.